The van der Waals surface area contributed by atoms with E-state index in [-0.39, 0.29) is 24.8 Å². The molecule has 0 heterocycles. The molecule has 0 saturated carbocycles. The minimum absolute atomic E-state index is 0.108. The van der Waals surface area contributed by atoms with Gasteiger partial charge in [-0.2, -0.15) is 0 Å². The maximum Gasteiger partial charge on any atom is 0.188 e. The van der Waals surface area contributed by atoms with Crippen LogP contribution in [0.1, 0.15) is 26.3 Å². The maximum absolute atomic E-state index is 11.5. The van der Waals surface area contributed by atoms with E-state index in [4.69, 9.17) is 30.5 Å². The lowest BCUT2D eigenvalue weighted by Crippen LogP contribution is -2.26. The molecule has 1 N–H and O–H groups in total. The van der Waals surface area contributed by atoms with Crippen LogP contribution in [-0.4, -0.2) is 32.9 Å². The van der Waals surface area contributed by atoms with Crippen LogP contribution in [0, 0.1) is 0 Å². The molecule has 0 bridgehead atoms. The molecule has 0 amide bonds. The van der Waals surface area contributed by atoms with Crippen LogP contribution in [0.2, 0.25) is 5.02 Å². The van der Waals surface area contributed by atoms with Crippen molar-refractivity contribution in [3.8, 4) is 17.2 Å². The summed E-state index contributed by atoms with van der Waals surface area (Å²) in [6, 6.07) is 19.2. The van der Waals surface area contributed by atoms with Gasteiger partial charge in [0.1, 0.15) is 17.2 Å². The average molecular weight is 489 g/mol. The quantitative estimate of drug-likeness (QED) is 0.337. The van der Waals surface area contributed by atoms with E-state index in [2.05, 4.69) is 20.8 Å². The molecule has 0 saturated heterocycles. The molecule has 7 heteroatoms. The van der Waals surface area contributed by atoms with Gasteiger partial charge in [0.15, 0.2) is 13.6 Å². The molecule has 5 nitrogen and oxygen atoms in total. The predicted molar refractivity (Wildman–Crippen MR) is 136 cm³/mol. The van der Waals surface area contributed by atoms with Gasteiger partial charge in [0.2, 0.25) is 0 Å². The van der Waals surface area contributed by atoms with Crippen molar-refractivity contribution < 1.29 is 24.1 Å². The number of benzene rings is 3. The highest BCUT2D eigenvalue weighted by atomic mass is 35.5. The lowest BCUT2D eigenvalue weighted by atomic mass is 9.86. The van der Waals surface area contributed by atoms with E-state index in [9.17, 15) is 5.11 Å². The van der Waals surface area contributed by atoms with Gasteiger partial charge in [0, 0.05) is 40.7 Å². The Morgan fingerprint density at radius 1 is 0.788 bits per heavy atom. The predicted octanol–water partition coefficient (Wildman–Crippen LogP) is 5.07. The number of para-hydroxylation sites is 2. The molecule has 0 aliphatic heterocycles. The normalized spacial score (nSPS) is 11.6. The van der Waals surface area contributed by atoms with E-state index in [1.165, 1.54) is 0 Å². The minimum atomic E-state index is -1.32. The first-order chi connectivity index (χ1) is 15.8. The smallest absolute Gasteiger partial charge is 0.188 e. The standard InChI is InChI=1S/C26H30ClO5P/c1-26(2,3)19-14-18(27)15-24(25(19)28)33(22-12-8-6-10-20(22)31-16-29-4)23-13-9-7-11-21(23)32-17-30-5/h6-15,28H,16-17H2,1-5H3. The summed E-state index contributed by atoms with van der Waals surface area (Å²) < 4.78 is 22.1. The van der Waals surface area contributed by atoms with Crippen LogP contribution in [-0.2, 0) is 14.9 Å². The van der Waals surface area contributed by atoms with Gasteiger partial charge in [-0.3, -0.25) is 0 Å². The summed E-state index contributed by atoms with van der Waals surface area (Å²) in [7, 11) is 1.85. The monoisotopic (exact) mass is 488 g/mol. The van der Waals surface area contributed by atoms with Crippen molar-refractivity contribution in [2.75, 3.05) is 27.8 Å². The molecule has 3 rings (SSSR count). The van der Waals surface area contributed by atoms with Crippen molar-refractivity contribution >= 4 is 35.4 Å². The van der Waals surface area contributed by atoms with Crippen molar-refractivity contribution in [1.29, 1.82) is 0 Å². The van der Waals surface area contributed by atoms with E-state index in [0.717, 1.165) is 21.5 Å². The third-order valence-electron chi connectivity index (χ3n) is 4.98. The SMILES string of the molecule is COCOc1ccccc1P(c1ccccc1OCOC)c1cc(Cl)cc(C(C)(C)C)c1O. The van der Waals surface area contributed by atoms with Crippen molar-refractivity contribution in [1.82, 2.24) is 0 Å². The Labute approximate surface area is 202 Å². The van der Waals surface area contributed by atoms with E-state index >= 15 is 0 Å². The number of phenols is 1. The molecule has 3 aromatic rings. The highest BCUT2D eigenvalue weighted by molar-refractivity contribution is 7.80. The van der Waals surface area contributed by atoms with E-state index in [1.807, 2.05) is 60.7 Å². The first-order valence-electron chi connectivity index (χ1n) is 10.5. The number of hydrogen-bond donors (Lipinski definition) is 1. The van der Waals surface area contributed by atoms with Crippen molar-refractivity contribution in [2.45, 2.75) is 26.2 Å². The van der Waals surface area contributed by atoms with Crippen molar-refractivity contribution in [3.05, 3.63) is 71.2 Å². The number of ether oxygens (including phenoxy) is 4. The summed E-state index contributed by atoms with van der Waals surface area (Å²) in [6.45, 7) is 6.37. The number of halogens is 1. The Kier molecular flexibility index (Phi) is 8.61. The van der Waals surface area contributed by atoms with Gasteiger partial charge < -0.3 is 24.1 Å². The fraction of sp³-hybridized carbons (Fsp3) is 0.308. The number of hydrogen-bond acceptors (Lipinski definition) is 5. The van der Waals surface area contributed by atoms with E-state index in [1.54, 1.807) is 14.2 Å². The molecule has 0 aliphatic rings. The molecule has 0 radical (unpaired) electrons. The van der Waals surface area contributed by atoms with Gasteiger partial charge >= 0.3 is 0 Å². The molecule has 0 spiro atoms. The Hall–Kier alpha value is -2.30. The third-order valence-corrected chi connectivity index (χ3v) is 7.72. The van der Waals surface area contributed by atoms with Crippen molar-refractivity contribution in [3.63, 3.8) is 0 Å². The number of aromatic hydroxyl groups is 1. The van der Waals surface area contributed by atoms with Crippen LogP contribution >= 0.6 is 19.5 Å². The van der Waals surface area contributed by atoms with Crippen LogP contribution in [0.5, 0.6) is 17.2 Å². The Balaban J connectivity index is 2.32. The highest BCUT2D eigenvalue weighted by Gasteiger charge is 2.30. The van der Waals surface area contributed by atoms with Crippen molar-refractivity contribution in [2.24, 2.45) is 0 Å². The Morgan fingerprint density at radius 2 is 1.27 bits per heavy atom. The van der Waals surface area contributed by atoms with Gasteiger partial charge in [-0.15, -0.1) is 0 Å². The van der Waals surface area contributed by atoms with E-state index < -0.39 is 7.92 Å². The molecule has 176 valence electrons. The number of methoxy groups -OCH3 is 2. The first-order valence-corrected chi connectivity index (χ1v) is 12.2. The average Bonchev–Trinajstić information content (AvgIpc) is 2.79. The fourth-order valence-electron chi connectivity index (χ4n) is 3.49. The zero-order valence-corrected chi connectivity index (χ0v) is 21.2. The second-order valence-electron chi connectivity index (χ2n) is 8.44. The summed E-state index contributed by atoms with van der Waals surface area (Å²) in [5.41, 5.74) is 0.478. The molecule has 3 aromatic carbocycles. The molecule has 0 aliphatic carbocycles. The topological polar surface area (TPSA) is 57.2 Å². The first kappa shape index (κ1) is 25.3. The zero-order valence-electron chi connectivity index (χ0n) is 19.6. The molecule has 0 atom stereocenters. The minimum Gasteiger partial charge on any atom is -0.507 e. The van der Waals surface area contributed by atoms with Crippen LogP contribution in [0.25, 0.3) is 0 Å². The summed E-state index contributed by atoms with van der Waals surface area (Å²) in [6.07, 6.45) is 0. The Bertz CT molecular complexity index is 1030. The zero-order chi connectivity index (χ0) is 24.0. The van der Waals surface area contributed by atoms with Gasteiger partial charge in [-0.25, -0.2) is 0 Å². The summed E-state index contributed by atoms with van der Waals surface area (Å²) in [4.78, 5) is 0. The highest BCUT2D eigenvalue weighted by Crippen LogP contribution is 2.45. The van der Waals surface area contributed by atoms with Crippen LogP contribution in [0.3, 0.4) is 0 Å². The van der Waals surface area contributed by atoms with Crippen LogP contribution < -0.4 is 25.4 Å². The summed E-state index contributed by atoms with van der Waals surface area (Å²) >= 11 is 6.59. The lowest BCUT2D eigenvalue weighted by molar-refractivity contribution is 0.0519. The fourth-order valence-corrected chi connectivity index (χ4v) is 6.35. The van der Waals surface area contributed by atoms with Crippen LogP contribution in [0.15, 0.2) is 60.7 Å². The second kappa shape index (κ2) is 11.2. The van der Waals surface area contributed by atoms with Gasteiger partial charge in [0.05, 0.1) is 0 Å². The third kappa shape index (κ3) is 5.99. The van der Waals surface area contributed by atoms with Gasteiger partial charge in [0.25, 0.3) is 0 Å². The summed E-state index contributed by atoms with van der Waals surface area (Å²) in [5.74, 6) is 1.56. The number of phenolic OH excluding ortho intramolecular Hbond substituents is 1. The molecule has 0 fully saturated rings. The molecule has 0 aromatic heterocycles. The summed E-state index contributed by atoms with van der Waals surface area (Å²) in [5, 5.41) is 14.6. The molecular weight excluding hydrogens is 459 g/mol. The van der Waals surface area contributed by atoms with Gasteiger partial charge in [-0.05, 0) is 37.6 Å². The number of rotatable bonds is 9. The molecular formula is C26H30ClO5P. The van der Waals surface area contributed by atoms with Gasteiger partial charge in [-0.1, -0.05) is 68.8 Å². The largest absolute Gasteiger partial charge is 0.507 e. The molecule has 0 unspecified atom stereocenters. The lowest BCUT2D eigenvalue weighted by Gasteiger charge is -2.28. The maximum atomic E-state index is 11.5. The Morgan fingerprint density at radius 3 is 1.73 bits per heavy atom. The van der Waals surface area contributed by atoms with E-state index in [0.29, 0.717) is 16.5 Å². The van der Waals surface area contributed by atoms with Crippen LogP contribution in [0.4, 0.5) is 0 Å². The molecule has 33 heavy (non-hydrogen) atoms. The second-order valence-corrected chi connectivity index (χ2v) is 11.0.